The lowest BCUT2D eigenvalue weighted by Gasteiger charge is -2.10. The summed E-state index contributed by atoms with van der Waals surface area (Å²) in [7, 11) is 0. The Morgan fingerprint density at radius 1 is 1.50 bits per heavy atom. The highest BCUT2D eigenvalue weighted by Crippen LogP contribution is 2.25. The first kappa shape index (κ1) is 12.7. The molecule has 18 heavy (non-hydrogen) atoms. The number of carbonyl (C=O) groups excluding carboxylic acids is 1. The fourth-order valence-corrected chi connectivity index (χ4v) is 2.77. The third kappa shape index (κ3) is 2.72. The normalized spacial score (nSPS) is 12.0. The second-order valence-corrected chi connectivity index (χ2v) is 5.21. The van der Waals surface area contributed by atoms with Gasteiger partial charge in [-0.3, -0.25) is 4.79 Å². The van der Waals surface area contributed by atoms with Crippen LogP contribution in [0.2, 0.25) is 0 Å². The molecule has 2 rings (SSSR count). The van der Waals surface area contributed by atoms with Crippen LogP contribution in [0.3, 0.4) is 0 Å². The molecule has 3 heteroatoms. The third-order valence-electron chi connectivity index (χ3n) is 2.73. The molecule has 0 aliphatic rings. The van der Waals surface area contributed by atoms with E-state index in [4.69, 9.17) is 6.42 Å². The van der Waals surface area contributed by atoms with Crippen LogP contribution in [0.1, 0.15) is 29.4 Å². The first-order valence-electron chi connectivity index (χ1n) is 6.00. The highest BCUT2D eigenvalue weighted by atomic mass is 32.1. The standard InChI is InChI=1S/C15H15NOS/c1-3-7-12(4-2)16-15(17)14-10-11-8-5-6-9-13(11)18-14/h2,5-6,8-10,12H,3,7H2,1H3,(H,16,17). The quantitative estimate of drug-likeness (QED) is 0.835. The van der Waals surface area contributed by atoms with Gasteiger partial charge in [-0.05, 0) is 23.9 Å². The number of amides is 1. The molecule has 1 N–H and O–H groups in total. The van der Waals surface area contributed by atoms with Crippen LogP contribution in [-0.4, -0.2) is 11.9 Å². The summed E-state index contributed by atoms with van der Waals surface area (Å²) in [6.07, 6.45) is 7.17. The molecule has 2 aromatic rings. The largest absolute Gasteiger partial charge is 0.338 e. The van der Waals surface area contributed by atoms with Gasteiger partial charge in [0.2, 0.25) is 0 Å². The van der Waals surface area contributed by atoms with E-state index in [-0.39, 0.29) is 11.9 Å². The summed E-state index contributed by atoms with van der Waals surface area (Å²) in [5, 5.41) is 3.98. The van der Waals surface area contributed by atoms with Gasteiger partial charge in [0.1, 0.15) is 0 Å². The van der Waals surface area contributed by atoms with Gasteiger partial charge in [0.05, 0.1) is 10.9 Å². The zero-order valence-corrected chi connectivity index (χ0v) is 11.1. The summed E-state index contributed by atoms with van der Waals surface area (Å²) in [6.45, 7) is 2.05. The van der Waals surface area contributed by atoms with Crippen molar-refractivity contribution in [3.63, 3.8) is 0 Å². The molecule has 0 spiro atoms. The summed E-state index contributed by atoms with van der Waals surface area (Å²) in [5.74, 6) is 2.53. The molecule has 1 aromatic heterocycles. The molecule has 0 saturated carbocycles. The van der Waals surface area contributed by atoms with Gasteiger partial charge in [0.15, 0.2) is 0 Å². The number of hydrogen-bond donors (Lipinski definition) is 1. The Morgan fingerprint density at radius 3 is 2.94 bits per heavy atom. The Hall–Kier alpha value is -1.79. The summed E-state index contributed by atoms with van der Waals surface area (Å²) in [4.78, 5) is 12.8. The van der Waals surface area contributed by atoms with Gasteiger partial charge >= 0.3 is 0 Å². The van der Waals surface area contributed by atoms with E-state index in [1.54, 1.807) is 0 Å². The fraction of sp³-hybridized carbons (Fsp3) is 0.267. The first-order chi connectivity index (χ1) is 8.74. The van der Waals surface area contributed by atoms with E-state index in [0.29, 0.717) is 4.88 Å². The average Bonchev–Trinajstić information content (AvgIpc) is 2.82. The molecule has 0 aliphatic carbocycles. The molecule has 1 amide bonds. The molecule has 2 nitrogen and oxygen atoms in total. The molecule has 0 fully saturated rings. The van der Waals surface area contributed by atoms with E-state index in [0.717, 1.165) is 22.9 Å². The molecule has 1 unspecified atom stereocenters. The van der Waals surface area contributed by atoms with Gasteiger partial charge in [-0.25, -0.2) is 0 Å². The van der Waals surface area contributed by atoms with Crippen molar-refractivity contribution < 1.29 is 4.79 Å². The maximum atomic E-state index is 12.1. The maximum absolute atomic E-state index is 12.1. The molecular formula is C15H15NOS. The van der Waals surface area contributed by atoms with E-state index in [2.05, 4.69) is 18.2 Å². The van der Waals surface area contributed by atoms with Gasteiger partial charge in [-0.1, -0.05) is 37.5 Å². The van der Waals surface area contributed by atoms with Crippen LogP contribution in [0.25, 0.3) is 10.1 Å². The zero-order chi connectivity index (χ0) is 13.0. The van der Waals surface area contributed by atoms with E-state index < -0.39 is 0 Å². The number of fused-ring (bicyclic) bond motifs is 1. The Kier molecular flexibility index (Phi) is 4.01. The van der Waals surface area contributed by atoms with Crippen LogP contribution in [0.4, 0.5) is 0 Å². The number of benzene rings is 1. The minimum absolute atomic E-state index is 0.0763. The van der Waals surface area contributed by atoms with Crippen LogP contribution in [0.5, 0.6) is 0 Å². The number of carbonyl (C=O) groups is 1. The van der Waals surface area contributed by atoms with Crippen LogP contribution in [-0.2, 0) is 0 Å². The molecule has 1 heterocycles. The molecule has 92 valence electrons. The Balaban J connectivity index is 2.16. The Bertz CT molecular complexity index is 561. The molecular weight excluding hydrogens is 242 g/mol. The maximum Gasteiger partial charge on any atom is 0.262 e. The molecule has 0 radical (unpaired) electrons. The van der Waals surface area contributed by atoms with Crippen molar-refractivity contribution >= 4 is 27.3 Å². The van der Waals surface area contributed by atoms with Crippen molar-refractivity contribution in [2.45, 2.75) is 25.8 Å². The van der Waals surface area contributed by atoms with Crippen LogP contribution in [0, 0.1) is 12.3 Å². The molecule has 1 atom stereocenters. The molecule has 0 saturated heterocycles. The van der Waals surface area contributed by atoms with Crippen molar-refractivity contribution in [2.75, 3.05) is 0 Å². The van der Waals surface area contributed by atoms with Gasteiger partial charge in [0.25, 0.3) is 5.91 Å². The minimum Gasteiger partial charge on any atom is -0.338 e. The van der Waals surface area contributed by atoms with Crippen molar-refractivity contribution in [2.24, 2.45) is 0 Å². The lowest BCUT2D eigenvalue weighted by atomic mass is 10.2. The van der Waals surface area contributed by atoms with Crippen molar-refractivity contribution in [1.82, 2.24) is 5.32 Å². The second-order valence-electron chi connectivity index (χ2n) is 4.13. The van der Waals surface area contributed by atoms with Gasteiger partial charge < -0.3 is 5.32 Å². The lowest BCUT2D eigenvalue weighted by Crippen LogP contribution is -2.33. The number of thiophene rings is 1. The van der Waals surface area contributed by atoms with Crippen LogP contribution in [0.15, 0.2) is 30.3 Å². The minimum atomic E-state index is -0.173. The Labute approximate surface area is 111 Å². The molecule has 0 bridgehead atoms. The predicted octanol–water partition coefficient (Wildman–Crippen LogP) is 3.43. The number of hydrogen-bond acceptors (Lipinski definition) is 2. The number of terminal acetylenes is 1. The second kappa shape index (κ2) is 5.70. The smallest absolute Gasteiger partial charge is 0.262 e. The van der Waals surface area contributed by atoms with Crippen molar-refractivity contribution in [1.29, 1.82) is 0 Å². The van der Waals surface area contributed by atoms with E-state index in [9.17, 15) is 4.79 Å². The SMILES string of the molecule is C#CC(CCC)NC(=O)c1cc2ccccc2s1. The molecule has 0 aliphatic heterocycles. The zero-order valence-electron chi connectivity index (χ0n) is 10.3. The third-order valence-corrected chi connectivity index (χ3v) is 3.85. The molecule has 1 aromatic carbocycles. The lowest BCUT2D eigenvalue weighted by molar-refractivity contribution is 0.0948. The van der Waals surface area contributed by atoms with E-state index >= 15 is 0 Å². The summed E-state index contributed by atoms with van der Waals surface area (Å²) >= 11 is 1.50. The van der Waals surface area contributed by atoms with Crippen LogP contribution >= 0.6 is 11.3 Å². The summed E-state index contributed by atoms with van der Waals surface area (Å²) in [6, 6.07) is 9.71. The predicted molar refractivity (Wildman–Crippen MR) is 76.8 cm³/mol. The van der Waals surface area contributed by atoms with Gasteiger partial charge in [-0.15, -0.1) is 17.8 Å². The monoisotopic (exact) mass is 257 g/mol. The average molecular weight is 257 g/mol. The summed E-state index contributed by atoms with van der Waals surface area (Å²) < 4.78 is 1.12. The number of rotatable bonds is 4. The van der Waals surface area contributed by atoms with Crippen LogP contribution < -0.4 is 5.32 Å². The van der Waals surface area contributed by atoms with E-state index in [1.807, 2.05) is 30.3 Å². The highest BCUT2D eigenvalue weighted by Gasteiger charge is 2.13. The first-order valence-corrected chi connectivity index (χ1v) is 6.81. The summed E-state index contributed by atoms with van der Waals surface area (Å²) in [5.41, 5.74) is 0. The van der Waals surface area contributed by atoms with Crippen molar-refractivity contribution in [3.05, 3.63) is 35.2 Å². The fourth-order valence-electron chi connectivity index (χ4n) is 1.81. The van der Waals surface area contributed by atoms with Gasteiger partial charge in [-0.2, -0.15) is 0 Å². The number of nitrogens with one attached hydrogen (secondary N) is 1. The van der Waals surface area contributed by atoms with Crippen molar-refractivity contribution in [3.8, 4) is 12.3 Å². The topological polar surface area (TPSA) is 29.1 Å². The highest BCUT2D eigenvalue weighted by molar-refractivity contribution is 7.20. The van der Waals surface area contributed by atoms with Gasteiger partial charge in [0, 0.05) is 4.70 Å². The van der Waals surface area contributed by atoms with E-state index in [1.165, 1.54) is 11.3 Å². The Morgan fingerprint density at radius 2 is 2.28 bits per heavy atom.